The van der Waals surface area contributed by atoms with Crippen LogP contribution in [-0.4, -0.2) is 0 Å². The van der Waals surface area contributed by atoms with Crippen molar-refractivity contribution in [2.24, 2.45) is 23.7 Å². The summed E-state index contributed by atoms with van der Waals surface area (Å²) < 4.78 is 0. The fraction of sp³-hybridized carbons (Fsp3) is 0.375. The predicted octanol–water partition coefficient (Wildman–Crippen LogP) is 13.4. The van der Waals surface area contributed by atoms with E-state index in [1.54, 1.807) is 11.1 Å². The first-order valence-electron chi connectivity index (χ1n) is 19.2. The molecule has 2 heteroatoms. The van der Waals surface area contributed by atoms with E-state index >= 15 is 0 Å². The van der Waals surface area contributed by atoms with Gasteiger partial charge in [0.15, 0.2) is 0 Å². The number of rotatable bonds is 4. The summed E-state index contributed by atoms with van der Waals surface area (Å²) in [6, 6.07) is 44.4. The largest absolute Gasteiger partial charge is 0.310 e. The molecule has 5 aromatic carbocycles. The highest BCUT2D eigenvalue weighted by molar-refractivity contribution is 7.99. The summed E-state index contributed by atoms with van der Waals surface area (Å²) >= 11 is 2.02. The molecule has 0 amide bonds. The van der Waals surface area contributed by atoms with Crippen molar-refractivity contribution in [1.82, 2.24) is 0 Å². The lowest BCUT2D eigenvalue weighted by Crippen LogP contribution is -2.57. The van der Waals surface area contributed by atoms with Crippen molar-refractivity contribution >= 4 is 28.8 Å². The lowest BCUT2D eigenvalue weighted by Gasteiger charge is -2.63. The average molecular weight is 672 g/mol. The maximum absolute atomic E-state index is 2.60. The molecule has 0 radical (unpaired) electrons. The van der Waals surface area contributed by atoms with Crippen molar-refractivity contribution in [3.8, 4) is 11.1 Å². The van der Waals surface area contributed by atoms with Gasteiger partial charge in [0.25, 0.3) is 0 Å². The van der Waals surface area contributed by atoms with Crippen LogP contribution < -0.4 is 4.90 Å². The topological polar surface area (TPSA) is 3.24 Å². The first kappa shape index (κ1) is 31.0. The van der Waals surface area contributed by atoms with Gasteiger partial charge in [-0.25, -0.2) is 0 Å². The zero-order valence-electron chi connectivity index (χ0n) is 30.1. The maximum Gasteiger partial charge on any atom is 0.0502 e. The quantitative estimate of drug-likeness (QED) is 0.187. The Kier molecular flexibility index (Phi) is 6.90. The highest BCUT2D eigenvalue weighted by atomic mass is 32.2. The minimum atomic E-state index is 0.0794. The van der Waals surface area contributed by atoms with E-state index in [1.807, 2.05) is 11.8 Å². The van der Waals surface area contributed by atoms with Crippen LogP contribution >= 0.6 is 11.8 Å². The fourth-order valence-corrected chi connectivity index (χ4v) is 13.0. The molecule has 0 N–H and O–H groups in total. The molecule has 0 aromatic heterocycles. The highest BCUT2D eigenvalue weighted by Gasteiger charge is 2.60. The van der Waals surface area contributed by atoms with Gasteiger partial charge in [0.05, 0.1) is 5.69 Å². The molecule has 50 heavy (non-hydrogen) atoms. The minimum Gasteiger partial charge on any atom is -0.310 e. The Morgan fingerprint density at radius 2 is 1.12 bits per heavy atom. The van der Waals surface area contributed by atoms with Crippen LogP contribution in [0.3, 0.4) is 0 Å². The van der Waals surface area contributed by atoms with Crippen molar-refractivity contribution in [2.75, 3.05) is 4.90 Å². The molecule has 4 saturated carbocycles. The van der Waals surface area contributed by atoms with E-state index in [0.717, 1.165) is 23.7 Å². The third kappa shape index (κ3) is 4.52. The van der Waals surface area contributed by atoms with Crippen LogP contribution in [0.2, 0.25) is 0 Å². The second-order valence-corrected chi connectivity index (χ2v) is 18.8. The number of benzene rings is 5. The van der Waals surface area contributed by atoms with E-state index in [9.17, 15) is 0 Å². The molecule has 6 aliphatic rings. The number of anilines is 3. The van der Waals surface area contributed by atoms with Gasteiger partial charge in [0, 0.05) is 26.6 Å². The van der Waals surface area contributed by atoms with Crippen LogP contribution in [-0.2, 0) is 16.2 Å². The molecule has 1 aliphatic heterocycles. The van der Waals surface area contributed by atoms with Crippen LogP contribution in [0.5, 0.6) is 0 Å². The summed E-state index contributed by atoms with van der Waals surface area (Å²) in [6.45, 7) is 9.83. The van der Waals surface area contributed by atoms with E-state index in [1.165, 1.54) is 94.1 Å². The number of nitrogens with zero attached hydrogens (tertiary/aromatic N) is 1. The molecular formula is C48H49NS. The smallest absolute Gasteiger partial charge is 0.0502 e. The summed E-state index contributed by atoms with van der Waals surface area (Å²) in [4.78, 5) is 5.56. The molecule has 5 aliphatic carbocycles. The first-order chi connectivity index (χ1) is 24.2. The SMILES string of the molecule is CC1(C)CCC(C)(C)c2c(N(c3ccc(-c4ccccc4)cc3)c3ccc4c(c3)Sc3ccccc3C43C4CC5CC(C4)CC3C5)cccc21. The van der Waals surface area contributed by atoms with E-state index in [-0.39, 0.29) is 16.2 Å². The fourth-order valence-electron chi connectivity index (χ4n) is 11.8. The molecule has 1 nitrogen and oxygen atoms in total. The van der Waals surface area contributed by atoms with Gasteiger partial charge in [-0.2, -0.15) is 0 Å². The molecule has 1 heterocycles. The third-order valence-corrected chi connectivity index (χ3v) is 15.1. The van der Waals surface area contributed by atoms with Gasteiger partial charge in [-0.3, -0.25) is 0 Å². The maximum atomic E-state index is 2.60. The summed E-state index contributed by atoms with van der Waals surface area (Å²) in [6.07, 6.45) is 9.53. The zero-order chi connectivity index (χ0) is 33.8. The standard InChI is InChI=1S/C48H49NS/c1-46(2)23-24-47(3,4)45-41(46)14-10-15-42(45)49(37-19-17-34(18-20-37)33-11-6-5-7-12-33)38-21-22-40-44(30-38)50-43-16-9-8-13-39(43)48(40)35-26-31-25-32(28-35)29-36(48)27-31/h5-22,30-32,35-36H,23-29H2,1-4H3. The van der Waals surface area contributed by atoms with Crippen LogP contribution in [0.1, 0.15) is 94.9 Å². The molecule has 0 saturated heterocycles. The molecule has 4 bridgehead atoms. The van der Waals surface area contributed by atoms with E-state index in [4.69, 9.17) is 0 Å². The molecule has 1 spiro atoms. The monoisotopic (exact) mass is 671 g/mol. The summed E-state index contributed by atoms with van der Waals surface area (Å²) in [7, 11) is 0. The van der Waals surface area contributed by atoms with Crippen LogP contribution in [0.25, 0.3) is 11.1 Å². The van der Waals surface area contributed by atoms with Crippen molar-refractivity contribution in [2.45, 2.75) is 98.7 Å². The third-order valence-electron chi connectivity index (χ3n) is 13.9. The minimum absolute atomic E-state index is 0.0794. The van der Waals surface area contributed by atoms with Crippen molar-refractivity contribution in [1.29, 1.82) is 0 Å². The van der Waals surface area contributed by atoms with Crippen LogP contribution in [0.15, 0.2) is 125 Å². The first-order valence-corrected chi connectivity index (χ1v) is 20.1. The van der Waals surface area contributed by atoms with Crippen molar-refractivity contribution in [3.05, 3.63) is 138 Å². The Morgan fingerprint density at radius 1 is 0.520 bits per heavy atom. The molecule has 11 rings (SSSR count). The second kappa shape index (κ2) is 11.1. The van der Waals surface area contributed by atoms with Crippen molar-refractivity contribution in [3.63, 3.8) is 0 Å². The molecule has 0 unspecified atom stereocenters. The predicted molar refractivity (Wildman–Crippen MR) is 210 cm³/mol. The van der Waals surface area contributed by atoms with E-state index in [2.05, 4.69) is 148 Å². The number of hydrogen-bond acceptors (Lipinski definition) is 2. The Hall–Kier alpha value is -3.75. The summed E-state index contributed by atoms with van der Waals surface area (Å²) in [5.74, 6) is 3.41. The van der Waals surface area contributed by atoms with Gasteiger partial charge >= 0.3 is 0 Å². The highest BCUT2D eigenvalue weighted by Crippen LogP contribution is 2.69. The van der Waals surface area contributed by atoms with Gasteiger partial charge in [-0.1, -0.05) is 118 Å². The van der Waals surface area contributed by atoms with E-state index in [0.29, 0.717) is 0 Å². The van der Waals surface area contributed by atoms with Gasteiger partial charge < -0.3 is 4.90 Å². The zero-order valence-corrected chi connectivity index (χ0v) is 30.9. The van der Waals surface area contributed by atoms with Crippen LogP contribution in [0.4, 0.5) is 17.1 Å². The summed E-state index contributed by atoms with van der Waals surface area (Å²) in [5.41, 5.74) is 13.0. The Labute approximate surface area is 303 Å². The molecule has 0 atom stereocenters. The average Bonchev–Trinajstić information content (AvgIpc) is 3.12. The van der Waals surface area contributed by atoms with Gasteiger partial charge in [-0.05, 0) is 149 Å². The molecule has 5 aromatic rings. The van der Waals surface area contributed by atoms with Gasteiger partial charge in [0.2, 0.25) is 0 Å². The number of hydrogen-bond donors (Lipinski definition) is 0. The van der Waals surface area contributed by atoms with Crippen LogP contribution in [0, 0.1) is 23.7 Å². The molecule has 4 fully saturated rings. The van der Waals surface area contributed by atoms with Gasteiger partial charge in [0.1, 0.15) is 0 Å². The van der Waals surface area contributed by atoms with Gasteiger partial charge in [-0.15, -0.1) is 0 Å². The second-order valence-electron chi connectivity index (χ2n) is 17.7. The normalized spacial score (nSPS) is 27.8. The Bertz CT molecular complexity index is 2080. The lowest BCUT2D eigenvalue weighted by molar-refractivity contribution is -0.0443. The lowest BCUT2D eigenvalue weighted by atomic mass is 9.42. The number of fused-ring (bicyclic) bond motifs is 3. The Morgan fingerprint density at radius 3 is 1.86 bits per heavy atom. The Balaban J connectivity index is 1.17. The van der Waals surface area contributed by atoms with E-state index < -0.39 is 0 Å². The van der Waals surface area contributed by atoms with Crippen molar-refractivity contribution < 1.29 is 0 Å². The molecule has 252 valence electrons. The summed E-state index contributed by atoms with van der Waals surface area (Å²) in [5, 5.41) is 0. The molecular weight excluding hydrogens is 623 g/mol.